The summed E-state index contributed by atoms with van der Waals surface area (Å²) in [7, 11) is 1.84. The van der Waals surface area contributed by atoms with E-state index in [0.29, 0.717) is 17.2 Å². The largest absolute Gasteiger partial charge is 0.367 e. The minimum atomic E-state index is -0.419. The van der Waals surface area contributed by atoms with E-state index < -0.39 is 5.82 Å². The highest BCUT2D eigenvalue weighted by Gasteiger charge is 2.21. The maximum Gasteiger partial charge on any atom is 0.200 e. The van der Waals surface area contributed by atoms with Crippen LogP contribution in [0.3, 0.4) is 0 Å². The van der Waals surface area contributed by atoms with E-state index in [1.54, 1.807) is 15.3 Å². The number of aromatic nitrogens is 6. The molecule has 8 nitrogen and oxygen atoms in total. The first-order valence-corrected chi connectivity index (χ1v) is 12.4. The molecule has 0 unspecified atom stereocenters. The molecule has 0 bridgehead atoms. The predicted octanol–water partition coefficient (Wildman–Crippen LogP) is 4.15. The summed E-state index contributed by atoms with van der Waals surface area (Å²) in [6.07, 6.45) is 7.37. The molecule has 0 saturated carbocycles. The highest BCUT2D eigenvalue weighted by atomic mass is 32.2. The highest BCUT2D eigenvalue weighted by molar-refractivity contribution is 7.99. The summed E-state index contributed by atoms with van der Waals surface area (Å²) in [4.78, 5) is 8.06. The lowest BCUT2D eigenvalue weighted by Gasteiger charge is -2.37. The van der Waals surface area contributed by atoms with Gasteiger partial charge in [0.1, 0.15) is 0 Å². The Balaban J connectivity index is 1.33. The summed E-state index contributed by atoms with van der Waals surface area (Å²) < 4.78 is 18.2. The molecule has 0 spiro atoms. The molecule has 5 heterocycles. The molecular weight excluding hydrogens is 463 g/mol. The van der Waals surface area contributed by atoms with E-state index in [4.69, 9.17) is 4.98 Å². The average molecular weight is 489 g/mol. The third-order valence-electron chi connectivity index (χ3n) is 6.24. The van der Waals surface area contributed by atoms with Crippen LogP contribution in [0.15, 0.2) is 65.2 Å². The van der Waals surface area contributed by atoms with Crippen molar-refractivity contribution in [3.05, 3.63) is 60.9 Å². The van der Waals surface area contributed by atoms with Gasteiger partial charge in [0, 0.05) is 66.0 Å². The number of nitrogens with zero attached hydrogens (tertiary/aromatic N) is 7. The molecule has 1 aromatic carbocycles. The van der Waals surface area contributed by atoms with Gasteiger partial charge in [0.05, 0.1) is 23.6 Å². The number of anilines is 1. The molecule has 10 heteroatoms. The van der Waals surface area contributed by atoms with Crippen LogP contribution in [0.2, 0.25) is 0 Å². The van der Waals surface area contributed by atoms with Crippen molar-refractivity contribution in [2.45, 2.75) is 36.0 Å². The van der Waals surface area contributed by atoms with Crippen LogP contribution < -0.4 is 10.2 Å². The summed E-state index contributed by atoms with van der Waals surface area (Å²) in [5.74, 6) is -0.419. The lowest BCUT2D eigenvalue weighted by molar-refractivity contribution is 0.407. The molecule has 2 atom stereocenters. The molecule has 1 aliphatic rings. The quantitative estimate of drug-likeness (QED) is 0.407. The summed E-state index contributed by atoms with van der Waals surface area (Å²) in [5.41, 5.74) is 3.81. The molecule has 4 aromatic heterocycles. The predicted molar refractivity (Wildman–Crippen MR) is 135 cm³/mol. The number of benzene rings is 1. The summed E-state index contributed by atoms with van der Waals surface area (Å²) in [6, 6.07) is 10.6. The zero-order valence-corrected chi connectivity index (χ0v) is 20.5. The third-order valence-corrected chi connectivity index (χ3v) is 7.19. The standard InChI is InChI=1S/C25H25FN8S/c1-15-11-33(12-16(2)29-15)20-6-17-7-21(4-5-23(17)27-10-20)35-25-31-30-24-22(26)8-18(14-34(24)25)19-9-28-32(3)13-19/h4-10,13-16,29H,11-12H2,1-3H3/t15-,16+. The third kappa shape index (κ3) is 4.23. The van der Waals surface area contributed by atoms with E-state index in [1.165, 1.54) is 17.8 Å². The van der Waals surface area contributed by atoms with Crippen LogP contribution in [0.25, 0.3) is 27.7 Å². The van der Waals surface area contributed by atoms with Crippen LogP contribution in [0.5, 0.6) is 0 Å². The topological polar surface area (TPSA) is 76.2 Å². The second-order valence-electron chi connectivity index (χ2n) is 9.18. The van der Waals surface area contributed by atoms with Crippen LogP contribution in [0.4, 0.5) is 10.1 Å². The van der Waals surface area contributed by atoms with Gasteiger partial charge in [-0.2, -0.15) is 5.10 Å². The smallest absolute Gasteiger partial charge is 0.200 e. The van der Waals surface area contributed by atoms with E-state index in [-0.39, 0.29) is 5.65 Å². The first-order chi connectivity index (χ1) is 16.9. The Kier molecular flexibility index (Phi) is 5.42. The monoisotopic (exact) mass is 488 g/mol. The number of hydrogen-bond donors (Lipinski definition) is 1. The molecule has 0 aliphatic carbocycles. The van der Waals surface area contributed by atoms with Crippen LogP contribution in [-0.4, -0.2) is 54.5 Å². The van der Waals surface area contributed by atoms with Gasteiger partial charge in [-0.15, -0.1) is 10.2 Å². The van der Waals surface area contributed by atoms with Gasteiger partial charge in [0.2, 0.25) is 5.16 Å². The van der Waals surface area contributed by atoms with Crippen LogP contribution >= 0.6 is 11.8 Å². The SMILES string of the molecule is C[C@@H]1CN(c2cnc3ccc(Sc4nnc5c(F)cc(-c6cnn(C)c6)cn45)cc3c2)C[C@H](C)N1. The maximum atomic E-state index is 14.8. The Morgan fingerprint density at radius 3 is 2.60 bits per heavy atom. The van der Waals surface area contributed by atoms with Crippen molar-refractivity contribution in [1.82, 2.24) is 34.7 Å². The Bertz CT molecular complexity index is 1530. The molecular formula is C25H25FN8S. The lowest BCUT2D eigenvalue weighted by atomic mass is 10.1. The molecule has 6 rings (SSSR count). The van der Waals surface area contributed by atoms with Gasteiger partial charge < -0.3 is 10.2 Å². The van der Waals surface area contributed by atoms with Gasteiger partial charge in [-0.1, -0.05) is 0 Å². The van der Waals surface area contributed by atoms with Gasteiger partial charge >= 0.3 is 0 Å². The summed E-state index contributed by atoms with van der Waals surface area (Å²) in [5, 5.41) is 17.8. The number of aryl methyl sites for hydroxylation is 1. The van der Waals surface area contributed by atoms with Gasteiger partial charge in [0.25, 0.3) is 0 Å². The molecule has 1 fully saturated rings. The van der Waals surface area contributed by atoms with Gasteiger partial charge in [-0.05, 0) is 55.9 Å². The fraction of sp³-hybridized carbons (Fsp3) is 0.280. The number of piperazine rings is 1. The Morgan fingerprint density at radius 2 is 1.83 bits per heavy atom. The normalized spacial score (nSPS) is 18.6. The van der Waals surface area contributed by atoms with Crippen LogP contribution in [0.1, 0.15) is 13.8 Å². The minimum Gasteiger partial charge on any atom is -0.367 e. The second kappa shape index (κ2) is 8.62. The van der Waals surface area contributed by atoms with E-state index >= 15 is 0 Å². The van der Waals surface area contributed by atoms with E-state index in [0.717, 1.165) is 45.7 Å². The number of halogens is 1. The zero-order chi connectivity index (χ0) is 24.1. The number of fused-ring (bicyclic) bond motifs is 2. The highest BCUT2D eigenvalue weighted by Crippen LogP contribution is 2.32. The second-order valence-corrected chi connectivity index (χ2v) is 10.2. The summed E-state index contributed by atoms with van der Waals surface area (Å²) >= 11 is 1.45. The average Bonchev–Trinajstić information content (AvgIpc) is 3.44. The first kappa shape index (κ1) is 22.0. The van der Waals surface area contributed by atoms with E-state index in [2.05, 4.69) is 51.5 Å². The number of hydrogen-bond acceptors (Lipinski definition) is 7. The van der Waals surface area contributed by atoms with Gasteiger partial charge in [-0.25, -0.2) is 4.39 Å². The zero-order valence-electron chi connectivity index (χ0n) is 19.7. The molecule has 5 aromatic rings. The Morgan fingerprint density at radius 1 is 1.00 bits per heavy atom. The molecule has 1 N–H and O–H groups in total. The molecule has 178 valence electrons. The Labute approximate surface area is 206 Å². The molecule has 1 aliphatic heterocycles. The van der Waals surface area contributed by atoms with Crippen molar-refractivity contribution in [3.8, 4) is 11.1 Å². The van der Waals surface area contributed by atoms with E-state index in [9.17, 15) is 4.39 Å². The van der Waals surface area contributed by atoms with Crippen molar-refractivity contribution >= 4 is 34.0 Å². The first-order valence-electron chi connectivity index (χ1n) is 11.5. The van der Waals surface area contributed by atoms with Gasteiger partial charge in [-0.3, -0.25) is 14.1 Å². The van der Waals surface area contributed by atoms with Crippen molar-refractivity contribution in [3.63, 3.8) is 0 Å². The number of nitrogens with one attached hydrogen (secondary N) is 1. The van der Waals surface area contributed by atoms with Crippen LogP contribution in [0, 0.1) is 5.82 Å². The van der Waals surface area contributed by atoms with E-state index in [1.807, 2.05) is 37.8 Å². The fourth-order valence-corrected chi connectivity index (χ4v) is 5.56. The van der Waals surface area contributed by atoms with Crippen molar-refractivity contribution in [2.24, 2.45) is 7.05 Å². The van der Waals surface area contributed by atoms with Crippen molar-refractivity contribution in [2.75, 3.05) is 18.0 Å². The van der Waals surface area contributed by atoms with Crippen LogP contribution in [-0.2, 0) is 7.05 Å². The molecule has 35 heavy (non-hydrogen) atoms. The Hall–Kier alpha value is -3.50. The number of pyridine rings is 2. The minimum absolute atomic E-state index is 0.201. The lowest BCUT2D eigenvalue weighted by Crippen LogP contribution is -2.54. The fourth-order valence-electron chi connectivity index (χ4n) is 4.71. The van der Waals surface area contributed by atoms with Crippen molar-refractivity contribution < 1.29 is 4.39 Å². The molecule has 0 amide bonds. The molecule has 1 saturated heterocycles. The van der Waals surface area contributed by atoms with Gasteiger partial charge in [0.15, 0.2) is 11.5 Å². The summed E-state index contributed by atoms with van der Waals surface area (Å²) in [6.45, 7) is 6.31. The maximum absolute atomic E-state index is 14.8. The molecule has 0 radical (unpaired) electrons. The number of rotatable bonds is 4. The van der Waals surface area contributed by atoms with Crippen molar-refractivity contribution in [1.29, 1.82) is 0 Å².